The van der Waals surface area contributed by atoms with Gasteiger partial charge in [-0.2, -0.15) is 9.50 Å². The van der Waals surface area contributed by atoms with Gasteiger partial charge >= 0.3 is 0 Å². The molecule has 0 spiro atoms. The lowest BCUT2D eigenvalue weighted by atomic mass is 10.2. The monoisotopic (exact) mass is 489 g/mol. The van der Waals surface area contributed by atoms with Crippen molar-refractivity contribution in [2.45, 2.75) is 6.61 Å². The van der Waals surface area contributed by atoms with E-state index in [2.05, 4.69) is 26.0 Å². The van der Waals surface area contributed by atoms with Gasteiger partial charge in [0.2, 0.25) is 4.96 Å². The first-order chi connectivity index (χ1) is 15.2. The molecule has 7 heteroatoms. The Kier molecular flexibility index (Phi) is 5.36. The normalized spacial score (nSPS) is 11.8. The van der Waals surface area contributed by atoms with Crippen LogP contribution in [0, 0.1) is 0 Å². The number of hydrogen-bond acceptors (Lipinski definition) is 5. The summed E-state index contributed by atoms with van der Waals surface area (Å²) in [5.41, 5.74) is 2.74. The van der Waals surface area contributed by atoms with Crippen molar-refractivity contribution >= 4 is 38.3 Å². The highest BCUT2D eigenvalue weighted by molar-refractivity contribution is 9.10. The molecule has 0 aliphatic carbocycles. The van der Waals surface area contributed by atoms with Crippen LogP contribution in [0.3, 0.4) is 0 Å². The van der Waals surface area contributed by atoms with Gasteiger partial charge < -0.3 is 4.74 Å². The molecule has 3 aromatic carbocycles. The molecule has 5 aromatic rings. The summed E-state index contributed by atoms with van der Waals surface area (Å²) in [6.45, 7) is 0.517. The first-order valence-corrected chi connectivity index (χ1v) is 11.2. The summed E-state index contributed by atoms with van der Waals surface area (Å²) in [7, 11) is 0. The van der Waals surface area contributed by atoms with Gasteiger partial charge in [0.1, 0.15) is 12.4 Å². The third kappa shape index (κ3) is 4.28. The van der Waals surface area contributed by atoms with Gasteiger partial charge in [-0.15, -0.1) is 5.10 Å². The van der Waals surface area contributed by atoms with E-state index in [4.69, 9.17) is 4.74 Å². The van der Waals surface area contributed by atoms with E-state index in [1.54, 1.807) is 0 Å². The number of fused-ring (bicyclic) bond motifs is 1. The highest BCUT2D eigenvalue weighted by Gasteiger charge is 2.12. The van der Waals surface area contributed by atoms with Crippen LogP contribution in [0.15, 0.2) is 88.1 Å². The molecule has 2 heterocycles. The Morgan fingerprint density at radius 2 is 1.71 bits per heavy atom. The second kappa shape index (κ2) is 8.45. The van der Waals surface area contributed by atoms with Gasteiger partial charge in [0, 0.05) is 10.0 Å². The quantitative estimate of drug-likeness (QED) is 0.358. The fraction of sp³-hybridized carbons (Fsp3) is 0.0417. The molecule has 0 aliphatic rings. The minimum absolute atomic E-state index is 0.166. The first-order valence-electron chi connectivity index (χ1n) is 9.60. The molecular formula is C24H16BrN3O2S. The third-order valence-corrected chi connectivity index (χ3v) is 6.20. The zero-order valence-corrected chi connectivity index (χ0v) is 18.6. The highest BCUT2D eigenvalue weighted by Crippen LogP contribution is 2.19. The summed E-state index contributed by atoms with van der Waals surface area (Å²) in [4.78, 5) is 17.9. The average Bonchev–Trinajstić information content (AvgIpc) is 3.34. The maximum absolute atomic E-state index is 12.8. The van der Waals surface area contributed by atoms with Crippen LogP contribution in [0.4, 0.5) is 0 Å². The summed E-state index contributed by atoms with van der Waals surface area (Å²) in [6, 6.07) is 25.4. The van der Waals surface area contributed by atoms with Gasteiger partial charge in [0.05, 0.1) is 4.53 Å². The first kappa shape index (κ1) is 19.7. The predicted octanol–water partition coefficient (Wildman–Crippen LogP) is 4.71. The smallest absolute Gasteiger partial charge is 0.291 e. The van der Waals surface area contributed by atoms with Gasteiger partial charge in [0.25, 0.3) is 5.56 Å². The molecule has 152 valence electrons. The lowest BCUT2D eigenvalue weighted by molar-refractivity contribution is 0.306. The van der Waals surface area contributed by atoms with Crippen molar-refractivity contribution in [3.63, 3.8) is 0 Å². The van der Waals surface area contributed by atoms with Crippen LogP contribution in [0.2, 0.25) is 0 Å². The lowest BCUT2D eigenvalue weighted by Crippen LogP contribution is -2.23. The van der Waals surface area contributed by atoms with E-state index < -0.39 is 0 Å². The molecule has 0 saturated carbocycles. The largest absolute Gasteiger partial charge is 0.489 e. The molecule has 0 aliphatic heterocycles. The molecule has 31 heavy (non-hydrogen) atoms. The summed E-state index contributed by atoms with van der Waals surface area (Å²) in [5, 5.41) is 4.39. The Morgan fingerprint density at radius 3 is 2.42 bits per heavy atom. The summed E-state index contributed by atoms with van der Waals surface area (Å²) < 4.78 is 8.76. The van der Waals surface area contributed by atoms with Crippen LogP contribution in [-0.4, -0.2) is 14.6 Å². The second-order valence-corrected chi connectivity index (χ2v) is 8.82. The molecule has 0 fully saturated rings. The SMILES string of the molecule is O=c1/c(=C/c2ccc(OCc3ccccc3)cc2)sc2nc(-c3ccc(Br)cc3)nn12. The molecule has 5 rings (SSSR count). The molecule has 0 amide bonds. The maximum atomic E-state index is 12.8. The topological polar surface area (TPSA) is 56.5 Å². The van der Waals surface area contributed by atoms with Crippen LogP contribution in [0.25, 0.3) is 22.4 Å². The van der Waals surface area contributed by atoms with Crippen molar-refractivity contribution in [1.82, 2.24) is 14.6 Å². The standard InChI is InChI=1S/C24H16BrN3O2S/c25-19-10-8-18(9-11-19)22-26-24-28(27-22)23(29)21(31-24)14-16-6-12-20(13-7-16)30-15-17-4-2-1-3-5-17/h1-14H,15H2/b21-14-. The van der Waals surface area contributed by atoms with Gasteiger partial charge in [-0.25, -0.2) is 0 Å². The van der Waals surface area contributed by atoms with Crippen molar-refractivity contribution in [2.24, 2.45) is 0 Å². The molecule has 0 radical (unpaired) electrons. The van der Waals surface area contributed by atoms with Gasteiger partial charge in [-0.05, 0) is 41.5 Å². The number of halogens is 1. The van der Waals surface area contributed by atoms with Crippen LogP contribution in [0.5, 0.6) is 5.75 Å². The molecule has 0 atom stereocenters. The Labute approximate surface area is 190 Å². The fourth-order valence-corrected chi connectivity index (χ4v) is 4.28. The Balaban J connectivity index is 1.37. The number of nitrogens with zero attached hydrogens (tertiary/aromatic N) is 3. The number of ether oxygens (including phenoxy) is 1. The van der Waals surface area contributed by atoms with Crippen molar-refractivity contribution in [3.05, 3.63) is 109 Å². The summed E-state index contributed by atoms with van der Waals surface area (Å²) in [5.74, 6) is 1.33. The number of rotatable bonds is 5. The van der Waals surface area contributed by atoms with E-state index in [1.807, 2.05) is 84.9 Å². The molecule has 0 N–H and O–H groups in total. The van der Waals surface area contributed by atoms with Crippen molar-refractivity contribution in [3.8, 4) is 17.1 Å². The van der Waals surface area contributed by atoms with E-state index in [-0.39, 0.29) is 5.56 Å². The van der Waals surface area contributed by atoms with Crippen LogP contribution in [-0.2, 0) is 6.61 Å². The Bertz CT molecular complexity index is 1440. The lowest BCUT2D eigenvalue weighted by Gasteiger charge is -2.06. The number of thiazole rings is 1. The van der Waals surface area contributed by atoms with Gasteiger partial charge in [0.15, 0.2) is 5.82 Å². The minimum Gasteiger partial charge on any atom is -0.489 e. The maximum Gasteiger partial charge on any atom is 0.291 e. The summed E-state index contributed by atoms with van der Waals surface area (Å²) in [6.07, 6.45) is 1.85. The molecule has 0 bridgehead atoms. The van der Waals surface area contributed by atoms with Crippen LogP contribution in [0.1, 0.15) is 11.1 Å². The average molecular weight is 490 g/mol. The van der Waals surface area contributed by atoms with Crippen molar-refractivity contribution in [1.29, 1.82) is 0 Å². The van der Waals surface area contributed by atoms with Gasteiger partial charge in [-0.3, -0.25) is 4.79 Å². The Hall–Kier alpha value is -3.29. The third-order valence-electron chi connectivity index (χ3n) is 4.71. The highest BCUT2D eigenvalue weighted by atomic mass is 79.9. The van der Waals surface area contributed by atoms with Gasteiger partial charge in [-0.1, -0.05) is 81.9 Å². The number of benzene rings is 3. The molecule has 0 saturated heterocycles. The van der Waals surface area contributed by atoms with E-state index in [9.17, 15) is 4.79 Å². The van der Waals surface area contributed by atoms with E-state index >= 15 is 0 Å². The molecular weight excluding hydrogens is 474 g/mol. The zero-order chi connectivity index (χ0) is 21.2. The minimum atomic E-state index is -0.166. The van der Waals surface area contributed by atoms with Crippen molar-refractivity contribution < 1.29 is 4.74 Å². The molecule has 2 aromatic heterocycles. The van der Waals surface area contributed by atoms with Crippen LogP contribution < -0.4 is 14.8 Å². The zero-order valence-electron chi connectivity index (χ0n) is 16.2. The molecule has 5 nitrogen and oxygen atoms in total. The fourth-order valence-electron chi connectivity index (χ4n) is 3.11. The van der Waals surface area contributed by atoms with E-state index in [0.29, 0.717) is 21.9 Å². The second-order valence-electron chi connectivity index (χ2n) is 6.90. The van der Waals surface area contributed by atoms with E-state index in [1.165, 1.54) is 15.9 Å². The predicted molar refractivity (Wildman–Crippen MR) is 126 cm³/mol. The molecule has 0 unspecified atom stereocenters. The number of hydrogen-bond donors (Lipinski definition) is 0. The number of aromatic nitrogens is 3. The van der Waals surface area contributed by atoms with Crippen LogP contribution >= 0.6 is 27.3 Å². The summed E-state index contributed by atoms with van der Waals surface area (Å²) >= 11 is 4.75. The van der Waals surface area contributed by atoms with E-state index in [0.717, 1.165) is 26.9 Å². The van der Waals surface area contributed by atoms with Crippen molar-refractivity contribution in [2.75, 3.05) is 0 Å². The Morgan fingerprint density at radius 1 is 0.968 bits per heavy atom.